The van der Waals surface area contributed by atoms with Crippen LogP contribution < -0.4 is 15.5 Å². The minimum atomic E-state index is -1.07. The van der Waals surface area contributed by atoms with Gasteiger partial charge in [0.15, 0.2) is 0 Å². The summed E-state index contributed by atoms with van der Waals surface area (Å²) < 4.78 is 0. The summed E-state index contributed by atoms with van der Waals surface area (Å²) in [6, 6.07) is 12.0. The monoisotopic (exact) mass is 414 g/mol. The molecule has 0 spiro atoms. The van der Waals surface area contributed by atoms with E-state index in [9.17, 15) is 14.4 Å². The van der Waals surface area contributed by atoms with Gasteiger partial charge < -0.3 is 15.5 Å². The lowest BCUT2D eigenvalue weighted by Gasteiger charge is -2.42. The molecule has 8 heteroatoms. The molecule has 3 rings (SSSR count). The Hall–Kier alpha value is -3.06. The zero-order valence-electron chi connectivity index (χ0n) is 16.7. The minimum Gasteiger partial charge on any atom is -0.375 e. The van der Waals surface area contributed by atoms with Gasteiger partial charge in [0.05, 0.1) is 23.5 Å². The van der Waals surface area contributed by atoms with Crippen LogP contribution in [-0.2, 0) is 9.59 Å². The number of carbonyl (C=O) groups excluding carboxylic acids is 3. The third-order valence-electron chi connectivity index (χ3n) is 4.81. The number of para-hydroxylation sites is 2. The van der Waals surface area contributed by atoms with Crippen LogP contribution in [0.15, 0.2) is 42.5 Å². The lowest BCUT2D eigenvalue weighted by atomic mass is 9.96. The molecule has 1 aliphatic rings. The van der Waals surface area contributed by atoms with E-state index in [1.807, 2.05) is 6.07 Å². The minimum absolute atomic E-state index is 0.112. The number of rotatable bonds is 4. The Morgan fingerprint density at radius 1 is 1.17 bits per heavy atom. The highest BCUT2D eigenvalue weighted by Crippen LogP contribution is 2.36. The molecular formula is C21H23ClN4O3. The second-order valence-electron chi connectivity index (χ2n) is 7.50. The molecule has 0 fully saturated rings. The Kier molecular flexibility index (Phi) is 5.53. The van der Waals surface area contributed by atoms with E-state index in [-0.39, 0.29) is 24.3 Å². The number of anilines is 3. The molecule has 1 aliphatic heterocycles. The van der Waals surface area contributed by atoms with Crippen LogP contribution in [-0.4, -0.2) is 48.8 Å². The van der Waals surface area contributed by atoms with E-state index in [0.29, 0.717) is 27.6 Å². The number of hydrogen-bond donors (Lipinski definition) is 2. The highest BCUT2D eigenvalue weighted by atomic mass is 35.5. The van der Waals surface area contributed by atoms with Crippen LogP contribution in [0.3, 0.4) is 0 Å². The van der Waals surface area contributed by atoms with Crippen molar-refractivity contribution < 1.29 is 14.4 Å². The van der Waals surface area contributed by atoms with Crippen molar-refractivity contribution in [3.8, 4) is 0 Å². The van der Waals surface area contributed by atoms with Gasteiger partial charge in [-0.3, -0.25) is 19.3 Å². The van der Waals surface area contributed by atoms with Gasteiger partial charge in [0.2, 0.25) is 11.8 Å². The zero-order valence-corrected chi connectivity index (χ0v) is 17.5. The van der Waals surface area contributed by atoms with Crippen molar-refractivity contribution in [3.05, 3.63) is 53.1 Å². The highest BCUT2D eigenvalue weighted by molar-refractivity contribution is 6.31. The first-order valence-electron chi connectivity index (χ1n) is 9.11. The molecule has 0 unspecified atom stereocenters. The first-order chi connectivity index (χ1) is 13.6. The van der Waals surface area contributed by atoms with E-state index in [4.69, 9.17) is 11.6 Å². The Labute approximate surface area is 174 Å². The van der Waals surface area contributed by atoms with Crippen molar-refractivity contribution in [2.24, 2.45) is 0 Å². The van der Waals surface area contributed by atoms with Gasteiger partial charge >= 0.3 is 0 Å². The maximum atomic E-state index is 13.2. The van der Waals surface area contributed by atoms with E-state index in [0.717, 1.165) is 0 Å². The van der Waals surface area contributed by atoms with Crippen molar-refractivity contribution in [3.63, 3.8) is 0 Å². The van der Waals surface area contributed by atoms with E-state index in [1.165, 1.54) is 9.80 Å². The Morgan fingerprint density at radius 2 is 1.86 bits per heavy atom. The van der Waals surface area contributed by atoms with Crippen LogP contribution in [0.4, 0.5) is 17.1 Å². The predicted octanol–water partition coefficient (Wildman–Crippen LogP) is 3.22. The smallest absolute Gasteiger partial charge is 0.255 e. The van der Waals surface area contributed by atoms with Gasteiger partial charge in [-0.05, 0) is 44.2 Å². The second kappa shape index (κ2) is 7.75. The molecular weight excluding hydrogens is 392 g/mol. The topological polar surface area (TPSA) is 81.8 Å². The van der Waals surface area contributed by atoms with Crippen LogP contribution in [0.1, 0.15) is 24.2 Å². The molecule has 0 bridgehead atoms. The summed E-state index contributed by atoms with van der Waals surface area (Å²) in [4.78, 5) is 41.0. The predicted molar refractivity (Wildman–Crippen MR) is 115 cm³/mol. The number of nitrogens with one attached hydrogen (secondary N) is 2. The van der Waals surface area contributed by atoms with Crippen LogP contribution in [0.2, 0.25) is 5.02 Å². The molecule has 152 valence electrons. The molecule has 0 atom stereocenters. The van der Waals surface area contributed by atoms with Gasteiger partial charge in [-0.15, -0.1) is 0 Å². The number of benzene rings is 2. The summed E-state index contributed by atoms with van der Waals surface area (Å²) in [7, 11) is 3.30. The fourth-order valence-electron chi connectivity index (χ4n) is 3.24. The van der Waals surface area contributed by atoms with Crippen molar-refractivity contribution >= 4 is 46.4 Å². The normalized spacial score (nSPS) is 14.7. The quantitative estimate of drug-likeness (QED) is 0.804. The van der Waals surface area contributed by atoms with Gasteiger partial charge in [-0.2, -0.15) is 0 Å². The Balaban J connectivity index is 1.89. The summed E-state index contributed by atoms with van der Waals surface area (Å²) in [5, 5.41) is 6.29. The third kappa shape index (κ3) is 3.91. The summed E-state index contributed by atoms with van der Waals surface area (Å²) in [6.07, 6.45) is 0. The standard InChI is InChI=1S/C21H23ClN4O3/c1-21(2)20(29)24-15-7-5-6-8-17(15)26(21)18(27)12-23-16-11-13(22)9-10-14(16)19(28)25(3)4/h5-11,23H,12H2,1-4H3,(H,24,29). The molecule has 1 heterocycles. The first-order valence-corrected chi connectivity index (χ1v) is 9.49. The molecule has 0 saturated carbocycles. The van der Waals surface area contributed by atoms with Crippen molar-refractivity contribution in [1.82, 2.24) is 4.90 Å². The van der Waals surface area contributed by atoms with Crippen molar-refractivity contribution in [1.29, 1.82) is 0 Å². The zero-order chi connectivity index (χ0) is 21.3. The van der Waals surface area contributed by atoms with Gasteiger partial charge in [0.25, 0.3) is 5.91 Å². The SMILES string of the molecule is CN(C)C(=O)c1ccc(Cl)cc1NCC(=O)N1c2ccccc2NC(=O)C1(C)C. The van der Waals surface area contributed by atoms with E-state index in [1.54, 1.807) is 64.3 Å². The molecule has 2 N–H and O–H groups in total. The molecule has 3 amide bonds. The van der Waals surface area contributed by atoms with Crippen LogP contribution in [0.5, 0.6) is 0 Å². The maximum absolute atomic E-state index is 13.2. The van der Waals surface area contributed by atoms with Crippen LogP contribution >= 0.6 is 11.6 Å². The fourth-order valence-corrected chi connectivity index (χ4v) is 3.41. The molecule has 2 aromatic carbocycles. The van der Waals surface area contributed by atoms with Gasteiger partial charge in [-0.25, -0.2) is 0 Å². The molecule has 2 aromatic rings. The molecule has 0 radical (unpaired) electrons. The van der Waals surface area contributed by atoms with Crippen LogP contribution in [0, 0.1) is 0 Å². The number of halogens is 1. The average Bonchev–Trinajstić information content (AvgIpc) is 2.66. The summed E-state index contributed by atoms with van der Waals surface area (Å²) in [5.41, 5.74) is 1.00. The van der Waals surface area contributed by atoms with E-state index in [2.05, 4.69) is 10.6 Å². The molecule has 29 heavy (non-hydrogen) atoms. The number of carbonyl (C=O) groups is 3. The fraction of sp³-hybridized carbons (Fsp3) is 0.286. The first kappa shape index (κ1) is 20.7. The summed E-state index contributed by atoms with van der Waals surface area (Å²) >= 11 is 6.08. The van der Waals surface area contributed by atoms with E-state index < -0.39 is 5.54 Å². The van der Waals surface area contributed by atoms with Gasteiger partial charge in [0.1, 0.15) is 5.54 Å². The molecule has 0 aliphatic carbocycles. The average molecular weight is 415 g/mol. The largest absolute Gasteiger partial charge is 0.375 e. The Morgan fingerprint density at radius 3 is 2.55 bits per heavy atom. The third-order valence-corrected chi connectivity index (χ3v) is 5.04. The number of amides is 3. The number of nitrogens with zero attached hydrogens (tertiary/aromatic N) is 2. The second-order valence-corrected chi connectivity index (χ2v) is 7.94. The molecule has 0 aromatic heterocycles. The highest BCUT2D eigenvalue weighted by Gasteiger charge is 2.43. The number of hydrogen-bond acceptors (Lipinski definition) is 4. The molecule has 7 nitrogen and oxygen atoms in total. The number of fused-ring (bicyclic) bond motifs is 1. The van der Waals surface area contributed by atoms with E-state index >= 15 is 0 Å². The lowest BCUT2D eigenvalue weighted by molar-refractivity contribution is -0.125. The van der Waals surface area contributed by atoms with Gasteiger partial charge in [0, 0.05) is 24.8 Å². The van der Waals surface area contributed by atoms with Crippen molar-refractivity contribution in [2.75, 3.05) is 36.2 Å². The molecule has 0 saturated heterocycles. The summed E-state index contributed by atoms with van der Waals surface area (Å²) in [5.74, 6) is -0.782. The van der Waals surface area contributed by atoms with Crippen molar-refractivity contribution in [2.45, 2.75) is 19.4 Å². The van der Waals surface area contributed by atoms with Gasteiger partial charge in [-0.1, -0.05) is 23.7 Å². The lowest BCUT2D eigenvalue weighted by Crippen LogP contribution is -2.59. The Bertz CT molecular complexity index is 988. The summed E-state index contributed by atoms with van der Waals surface area (Å²) in [6.45, 7) is 3.27. The maximum Gasteiger partial charge on any atom is 0.255 e. The van der Waals surface area contributed by atoms with Crippen LogP contribution in [0.25, 0.3) is 0 Å².